The Morgan fingerprint density at radius 1 is 1.26 bits per heavy atom. The first-order valence-corrected chi connectivity index (χ1v) is 7.13. The molecule has 1 aromatic heterocycles. The number of hydrogen-bond donors (Lipinski definition) is 2. The molecule has 0 aromatic carbocycles. The molecule has 0 atom stereocenters. The summed E-state index contributed by atoms with van der Waals surface area (Å²) < 4.78 is 0. The first-order valence-electron chi connectivity index (χ1n) is 7.13. The fourth-order valence-corrected chi connectivity index (χ4v) is 2.63. The van der Waals surface area contributed by atoms with E-state index < -0.39 is 0 Å². The molecule has 2 aliphatic rings. The third-order valence-corrected chi connectivity index (χ3v) is 3.92. The van der Waals surface area contributed by atoms with Crippen LogP contribution in [0.2, 0.25) is 0 Å². The van der Waals surface area contributed by atoms with Crippen LogP contribution in [-0.2, 0) is 6.42 Å². The van der Waals surface area contributed by atoms with Crippen LogP contribution in [0.25, 0.3) is 0 Å². The molecule has 1 saturated heterocycles. The zero-order valence-corrected chi connectivity index (χ0v) is 11.5. The minimum atomic E-state index is 0.700. The maximum atomic E-state index is 5.47. The number of aryl methyl sites for hydroxylation is 1. The summed E-state index contributed by atoms with van der Waals surface area (Å²) >= 11 is 0. The van der Waals surface area contributed by atoms with E-state index in [2.05, 4.69) is 32.1 Å². The van der Waals surface area contributed by atoms with Gasteiger partial charge in [-0.2, -0.15) is 0 Å². The monoisotopic (exact) mass is 262 g/mol. The molecule has 0 unspecified atom stereocenters. The maximum absolute atomic E-state index is 5.47. The molecule has 1 aromatic rings. The second kappa shape index (κ2) is 5.30. The lowest BCUT2D eigenvalue weighted by Crippen LogP contribution is -2.47. The number of nitrogen functional groups attached to an aromatic ring is 1. The number of anilines is 2. The van der Waals surface area contributed by atoms with E-state index in [0.29, 0.717) is 5.82 Å². The minimum Gasteiger partial charge on any atom is -0.354 e. The highest BCUT2D eigenvalue weighted by atomic mass is 15.3. The van der Waals surface area contributed by atoms with Gasteiger partial charge in [-0.1, -0.05) is 6.92 Å². The lowest BCUT2D eigenvalue weighted by molar-refractivity contribution is 0.247. The van der Waals surface area contributed by atoms with Crippen molar-refractivity contribution in [2.45, 2.75) is 32.2 Å². The van der Waals surface area contributed by atoms with E-state index in [1.165, 1.54) is 12.8 Å². The van der Waals surface area contributed by atoms with Crippen molar-refractivity contribution in [1.29, 1.82) is 0 Å². The highest BCUT2D eigenvalue weighted by Crippen LogP contribution is 2.28. The highest BCUT2D eigenvalue weighted by molar-refractivity contribution is 5.49. The molecule has 0 radical (unpaired) electrons. The van der Waals surface area contributed by atoms with Crippen molar-refractivity contribution in [1.82, 2.24) is 14.9 Å². The van der Waals surface area contributed by atoms with Gasteiger partial charge in [-0.05, 0) is 12.8 Å². The number of rotatable bonds is 4. The quantitative estimate of drug-likeness (QED) is 0.612. The SMILES string of the molecule is CCc1nc(NN)cc(N2CCN(C3CC3)CC2)n1. The van der Waals surface area contributed by atoms with Crippen molar-refractivity contribution in [3.05, 3.63) is 11.9 Å². The number of nitrogens with zero attached hydrogens (tertiary/aromatic N) is 4. The Kier molecular flexibility index (Phi) is 3.52. The van der Waals surface area contributed by atoms with E-state index in [1.807, 2.05) is 6.07 Å². The predicted octanol–water partition coefficient (Wildman–Crippen LogP) is 0.609. The number of hydrogen-bond acceptors (Lipinski definition) is 6. The van der Waals surface area contributed by atoms with E-state index in [1.54, 1.807) is 0 Å². The van der Waals surface area contributed by atoms with Gasteiger partial charge in [-0.3, -0.25) is 4.90 Å². The average Bonchev–Trinajstić information content (AvgIpc) is 3.31. The van der Waals surface area contributed by atoms with Crippen LogP contribution < -0.4 is 16.2 Å². The normalized spacial score (nSPS) is 20.6. The zero-order chi connectivity index (χ0) is 13.2. The topological polar surface area (TPSA) is 70.3 Å². The van der Waals surface area contributed by atoms with Crippen molar-refractivity contribution in [3.8, 4) is 0 Å². The number of aromatic nitrogens is 2. The van der Waals surface area contributed by atoms with Crippen molar-refractivity contribution >= 4 is 11.6 Å². The summed E-state index contributed by atoms with van der Waals surface area (Å²) in [6.45, 7) is 6.43. The maximum Gasteiger partial charge on any atom is 0.145 e. The Morgan fingerprint density at radius 3 is 2.58 bits per heavy atom. The largest absolute Gasteiger partial charge is 0.354 e. The highest BCUT2D eigenvalue weighted by Gasteiger charge is 2.31. The summed E-state index contributed by atoms with van der Waals surface area (Å²) in [7, 11) is 0. The van der Waals surface area contributed by atoms with Crippen LogP contribution in [0.1, 0.15) is 25.6 Å². The smallest absolute Gasteiger partial charge is 0.145 e. The van der Waals surface area contributed by atoms with Crippen LogP contribution in [0.15, 0.2) is 6.07 Å². The standard InChI is InChI=1S/C13H22N6/c1-2-11-15-12(17-14)9-13(16-11)19-7-5-18(6-8-19)10-3-4-10/h9-10H,2-8,14H2,1H3,(H,15,16,17). The summed E-state index contributed by atoms with van der Waals surface area (Å²) in [5.41, 5.74) is 2.63. The van der Waals surface area contributed by atoms with Crippen LogP contribution in [0.5, 0.6) is 0 Å². The summed E-state index contributed by atoms with van der Waals surface area (Å²) in [6, 6.07) is 2.80. The summed E-state index contributed by atoms with van der Waals surface area (Å²) in [5, 5.41) is 0. The summed E-state index contributed by atoms with van der Waals surface area (Å²) in [6.07, 6.45) is 3.59. The van der Waals surface area contributed by atoms with Gasteiger partial charge >= 0.3 is 0 Å². The van der Waals surface area contributed by atoms with Crippen LogP contribution in [0.4, 0.5) is 11.6 Å². The molecular weight excluding hydrogens is 240 g/mol. The van der Waals surface area contributed by atoms with Crippen LogP contribution in [-0.4, -0.2) is 47.1 Å². The van der Waals surface area contributed by atoms with Crippen molar-refractivity contribution in [2.75, 3.05) is 36.5 Å². The second-order valence-electron chi connectivity index (χ2n) is 5.28. The van der Waals surface area contributed by atoms with E-state index in [4.69, 9.17) is 5.84 Å². The van der Waals surface area contributed by atoms with Gasteiger partial charge in [0.1, 0.15) is 17.5 Å². The van der Waals surface area contributed by atoms with Gasteiger partial charge in [-0.15, -0.1) is 0 Å². The first-order chi connectivity index (χ1) is 9.30. The molecule has 1 aliphatic carbocycles. The molecule has 3 rings (SSSR count). The summed E-state index contributed by atoms with van der Waals surface area (Å²) in [4.78, 5) is 13.9. The molecule has 6 nitrogen and oxygen atoms in total. The molecule has 0 spiro atoms. The molecular formula is C13H22N6. The van der Waals surface area contributed by atoms with Crippen molar-refractivity contribution in [3.63, 3.8) is 0 Å². The van der Waals surface area contributed by atoms with Crippen molar-refractivity contribution in [2.24, 2.45) is 5.84 Å². The van der Waals surface area contributed by atoms with Gasteiger partial charge in [0.15, 0.2) is 0 Å². The van der Waals surface area contributed by atoms with Gasteiger partial charge in [0.25, 0.3) is 0 Å². The molecule has 1 aliphatic heterocycles. The number of piperazine rings is 1. The Balaban J connectivity index is 1.71. The van der Waals surface area contributed by atoms with Crippen LogP contribution >= 0.6 is 0 Å². The minimum absolute atomic E-state index is 0.700. The molecule has 1 saturated carbocycles. The van der Waals surface area contributed by atoms with Crippen LogP contribution in [0.3, 0.4) is 0 Å². The van der Waals surface area contributed by atoms with E-state index >= 15 is 0 Å². The Hall–Kier alpha value is -1.40. The Morgan fingerprint density at radius 2 is 2.00 bits per heavy atom. The number of hydrazine groups is 1. The van der Waals surface area contributed by atoms with E-state index in [-0.39, 0.29) is 0 Å². The van der Waals surface area contributed by atoms with Crippen molar-refractivity contribution < 1.29 is 0 Å². The average molecular weight is 262 g/mol. The Labute approximate surface area is 114 Å². The molecule has 104 valence electrons. The van der Waals surface area contributed by atoms with Gasteiger partial charge in [0.05, 0.1) is 0 Å². The zero-order valence-electron chi connectivity index (χ0n) is 11.5. The molecule has 0 amide bonds. The summed E-state index contributed by atoms with van der Waals surface area (Å²) in [5.74, 6) is 8.01. The molecule has 2 fully saturated rings. The fourth-order valence-electron chi connectivity index (χ4n) is 2.63. The molecule has 6 heteroatoms. The molecule has 3 N–H and O–H groups in total. The Bertz CT molecular complexity index is 415. The predicted molar refractivity (Wildman–Crippen MR) is 76.0 cm³/mol. The van der Waals surface area contributed by atoms with E-state index in [9.17, 15) is 0 Å². The fraction of sp³-hybridized carbons (Fsp3) is 0.692. The third kappa shape index (κ3) is 2.79. The molecule has 0 bridgehead atoms. The number of nitrogens with one attached hydrogen (secondary N) is 1. The van der Waals surface area contributed by atoms with Gasteiger partial charge in [0, 0.05) is 44.7 Å². The lowest BCUT2D eigenvalue weighted by atomic mass is 10.3. The number of nitrogens with two attached hydrogens (primary N) is 1. The van der Waals surface area contributed by atoms with E-state index in [0.717, 1.165) is 50.3 Å². The van der Waals surface area contributed by atoms with Crippen LogP contribution in [0, 0.1) is 0 Å². The van der Waals surface area contributed by atoms with Gasteiger partial charge in [-0.25, -0.2) is 15.8 Å². The molecule has 2 heterocycles. The third-order valence-electron chi connectivity index (χ3n) is 3.92. The van der Waals surface area contributed by atoms with Gasteiger partial charge < -0.3 is 10.3 Å². The van der Waals surface area contributed by atoms with Gasteiger partial charge in [0.2, 0.25) is 0 Å². The second-order valence-corrected chi connectivity index (χ2v) is 5.28. The molecule has 19 heavy (non-hydrogen) atoms. The lowest BCUT2D eigenvalue weighted by Gasteiger charge is -2.35. The first kappa shape index (κ1) is 12.6.